The fraction of sp³-hybridized carbons (Fsp3) is 0.167. The van der Waals surface area contributed by atoms with Crippen molar-refractivity contribution in [2.24, 2.45) is 0 Å². The summed E-state index contributed by atoms with van der Waals surface area (Å²) in [6.07, 6.45) is 0.961. The van der Waals surface area contributed by atoms with Gasteiger partial charge >= 0.3 is 0 Å². The number of nitrogens with zero attached hydrogens (tertiary/aromatic N) is 4. The van der Waals surface area contributed by atoms with Crippen LogP contribution in [0.1, 0.15) is 10.4 Å². The molecule has 112 valence electrons. The Balaban J connectivity index is 1.58. The van der Waals surface area contributed by atoms with Gasteiger partial charge in [-0.15, -0.1) is 21.5 Å². The number of thiophene rings is 1. The summed E-state index contributed by atoms with van der Waals surface area (Å²) in [6, 6.07) is 6.22. The molecule has 0 aliphatic carbocycles. The molecule has 0 unspecified atom stereocenters. The van der Waals surface area contributed by atoms with Crippen LogP contribution >= 0.6 is 57.6 Å². The summed E-state index contributed by atoms with van der Waals surface area (Å²) in [7, 11) is 0. The summed E-state index contributed by atoms with van der Waals surface area (Å²) in [6.45, 7) is 0.815. The normalized spacial score (nSPS) is 10.5. The lowest BCUT2D eigenvalue weighted by atomic mass is 10.3. The molecule has 0 amide bonds. The van der Waals surface area contributed by atoms with Gasteiger partial charge in [0.15, 0.2) is 9.49 Å². The van der Waals surface area contributed by atoms with Crippen molar-refractivity contribution in [3.8, 4) is 6.07 Å². The molecule has 0 atom stereocenters. The summed E-state index contributed by atoms with van der Waals surface area (Å²) in [5.74, 6) is 0. The van der Waals surface area contributed by atoms with Crippen molar-refractivity contribution in [2.75, 3.05) is 11.9 Å². The molecule has 0 fully saturated rings. The van der Waals surface area contributed by atoms with Gasteiger partial charge in [-0.3, -0.25) is 0 Å². The molecular weight excluding hydrogens is 378 g/mol. The van der Waals surface area contributed by atoms with E-state index in [1.165, 1.54) is 39.5 Å². The van der Waals surface area contributed by atoms with Crippen molar-refractivity contribution >= 4 is 62.7 Å². The molecule has 1 N–H and O–H groups in total. The Morgan fingerprint density at radius 3 is 3.09 bits per heavy atom. The zero-order valence-electron chi connectivity index (χ0n) is 10.9. The quantitative estimate of drug-likeness (QED) is 0.678. The molecule has 3 heterocycles. The van der Waals surface area contributed by atoms with Crippen LogP contribution in [0.4, 0.5) is 5.13 Å². The number of hydrogen-bond acceptors (Lipinski definition) is 9. The SMILES string of the molecule is N#Cc1c(Cl)nsc1Sc1nnc(NCCc2cccs2)s1. The maximum atomic E-state index is 9.05. The van der Waals surface area contributed by atoms with E-state index in [9.17, 15) is 0 Å². The molecule has 0 aliphatic heterocycles. The average molecular weight is 386 g/mol. The van der Waals surface area contributed by atoms with Crippen molar-refractivity contribution in [3.05, 3.63) is 33.1 Å². The minimum atomic E-state index is 0.244. The van der Waals surface area contributed by atoms with Gasteiger partial charge < -0.3 is 5.32 Å². The first-order chi connectivity index (χ1) is 10.8. The van der Waals surface area contributed by atoms with Crippen molar-refractivity contribution in [2.45, 2.75) is 15.0 Å². The maximum absolute atomic E-state index is 9.05. The van der Waals surface area contributed by atoms with Crippen LogP contribution in [0.15, 0.2) is 26.1 Å². The Morgan fingerprint density at radius 2 is 2.32 bits per heavy atom. The third kappa shape index (κ3) is 3.77. The summed E-state index contributed by atoms with van der Waals surface area (Å²) in [4.78, 5) is 1.34. The lowest BCUT2D eigenvalue weighted by Crippen LogP contribution is -2.03. The Labute approximate surface area is 148 Å². The zero-order chi connectivity index (χ0) is 15.4. The van der Waals surface area contributed by atoms with Crippen molar-refractivity contribution in [1.82, 2.24) is 14.6 Å². The van der Waals surface area contributed by atoms with Crippen LogP contribution in [0.2, 0.25) is 5.15 Å². The molecule has 3 rings (SSSR count). The molecule has 0 saturated carbocycles. The van der Waals surface area contributed by atoms with E-state index in [0.29, 0.717) is 5.56 Å². The maximum Gasteiger partial charge on any atom is 0.206 e. The lowest BCUT2D eigenvalue weighted by Gasteiger charge is -1.98. The second kappa shape index (κ2) is 7.39. The van der Waals surface area contributed by atoms with E-state index in [0.717, 1.165) is 26.6 Å². The van der Waals surface area contributed by atoms with Crippen LogP contribution in [0.5, 0.6) is 0 Å². The molecule has 0 bridgehead atoms. The van der Waals surface area contributed by atoms with Crippen LogP contribution in [-0.4, -0.2) is 21.1 Å². The highest BCUT2D eigenvalue weighted by atomic mass is 35.5. The van der Waals surface area contributed by atoms with Crippen LogP contribution < -0.4 is 5.32 Å². The monoisotopic (exact) mass is 385 g/mol. The van der Waals surface area contributed by atoms with Crippen molar-refractivity contribution in [1.29, 1.82) is 5.26 Å². The molecule has 10 heteroatoms. The van der Waals surface area contributed by atoms with E-state index < -0.39 is 0 Å². The highest BCUT2D eigenvalue weighted by molar-refractivity contribution is 8.02. The first kappa shape index (κ1) is 15.7. The van der Waals surface area contributed by atoms with Gasteiger partial charge in [0.1, 0.15) is 15.8 Å². The molecule has 0 saturated heterocycles. The zero-order valence-corrected chi connectivity index (χ0v) is 15.0. The molecule has 3 aromatic heterocycles. The van der Waals surface area contributed by atoms with Crippen LogP contribution in [0.25, 0.3) is 0 Å². The second-order valence-corrected chi connectivity index (χ2v) is 8.64. The van der Waals surface area contributed by atoms with E-state index in [1.54, 1.807) is 11.3 Å². The number of hydrogen-bond donors (Lipinski definition) is 1. The number of halogens is 1. The molecule has 3 aromatic rings. The molecule has 22 heavy (non-hydrogen) atoms. The minimum absolute atomic E-state index is 0.244. The fourth-order valence-corrected chi connectivity index (χ4v) is 5.41. The van der Waals surface area contributed by atoms with E-state index in [-0.39, 0.29) is 5.15 Å². The minimum Gasteiger partial charge on any atom is -0.360 e. The summed E-state index contributed by atoms with van der Waals surface area (Å²) >= 11 is 11.6. The van der Waals surface area contributed by atoms with Gasteiger partial charge in [-0.25, -0.2) is 0 Å². The highest BCUT2D eigenvalue weighted by Gasteiger charge is 2.15. The van der Waals surface area contributed by atoms with Crippen molar-refractivity contribution in [3.63, 3.8) is 0 Å². The second-order valence-electron chi connectivity index (χ2n) is 3.98. The Bertz CT molecular complexity index is 789. The Morgan fingerprint density at radius 1 is 1.41 bits per heavy atom. The molecular formula is C12H8ClN5S4. The summed E-state index contributed by atoms with van der Waals surface area (Å²) in [5.41, 5.74) is 0.402. The molecule has 5 nitrogen and oxygen atoms in total. The first-order valence-corrected chi connectivity index (χ1v) is 9.75. The van der Waals surface area contributed by atoms with Crippen LogP contribution in [-0.2, 0) is 6.42 Å². The smallest absolute Gasteiger partial charge is 0.206 e. The highest BCUT2D eigenvalue weighted by Crippen LogP contribution is 2.38. The number of nitrogens with one attached hydrogen (secondary N) is 1. The molecule has 0 spiro atoms. The lowest BCUT2D eigenvalue weighted by molar-refractivity contribution is 0.980. The summed E-state index contributed by atoms with van der Waals surface area (Å²) < 4.78 is 5.48. The van der Waals surface area contributed by atoms with Crippen molar-refractivity contribution < 1.29 is 0 Å². The number of aromatic nitrogens is 3. The van der Waals surface area contributed by atoms with E-state index >= 15 is 0 Å². The number of anilines is 1. The largest absolute Gasteiger partial charge is 0.360 e. The van der Waals surface area contributed by atoms with Crippen LogP contribution in [0.3, 0.4) is 0 Å². The molecule has 0 radical (unpaired) electrons. The number of rotatable bonds is 6. The molecule has 0 aromatic carbocycles. The van der Waals surface area contributed by atoms with Gasteiger partial charge in [-0.05, 0) is 41.2 Å². The standard InChI is InChI=1S/C12H8ClN5S4/c13-9-8(6-14)10(22-18-9)20-12-17-16-11(21-12)15-4-3-7-2-1-5-19-7/h1-2,5H,3-4H2,(H,15,16). The van der Waals surface area contributed by atoms with Crippen LogP contribution in [0, 0.1) is 11.3 Å². The van der Waals surface area contributed by atoms with Gasteiger partial charge in [0.2, 0.25) is 5.13 Å². The third-order valence-electron chi connectivity index (χ3n) is 2.55. The first-order valence-electron chi connectivity index (χ1n) is 6.09. The van der Waals surface area contributed by atoms with E-state index in [1.807, 2.05) is 6.07 Å². The predicted molar refractivity (Wildman–Crippen MR) is 92.4 cm³/mol. The molecule has 0 aliphatic rings. The topological polar surface area (TPSA) is 74.5 Å². The number of nitriles is 1. The van der Waals surface area contributed by atoms with E-state index in [4.69, 9.17) is 16.9 Å². The Hall–Kier alpha value is -1.18. The van der Waals surface area contributed by atoms with Gasteiger partial charge in [0.25, 0.3) is 0 Å². The fourth-order valence-electron chi connectivity index (χ4n) is 1.57. The van der Waals surface area contributed by atoms with Gasteiger partial charge in [0, 0.05) is 11.4 Å². The predicted octanol–water partition coefficient (Wildman–Crippen LogP) is 4.39. The summed E-state index contributed by atoms with van der Waals surface area (Å²) in [5, 5.41) is 23.6. The Kier molecular flexibility index (Phi) is 5.28. The third-order valence-corrected chi connectivity index (χ3v) is 6.79. The van der Waals surface area contributed by atoms with E-state index in [2.05, 4.69) is 37.4 Å². The van der Waals surface area contributed by atoms with Gasteiger partial charge in [0.05, 0.1) is 0 Å². The van der Waals surface area contributed by atoms with Gasteiger partial charge in [-0.1, -0.05) is 29.0 Å². The van der Waals surface area contributed by atoms with Gasteiger partial charge in [-0.2, -0.15) is 9.64 Å². The average Bonchev–Trinajstić information content (AvgIpc) is 3.23.